The molecule has 2 aromatic rings. The van der Waals surface area contributed by atoms with Crippen molar-refractivity contribution in [1.82, 2.24) is 4.90 Å². The second-order valence-electron chi connectivity index (χ2n) is 5.10. The minimum absolute atomic E-state index is 0.113. The van der Waals surface area contributed by atoms with Crippen LogP contribution in [-0.4, -0.2) is 28.9 Å². The maximum atomic E-state index is 12.1. The zero-order valence-electron chi connectivity index (χ0n) is 13.9. The van der Waals surface area contributed by atoms with Crippen LogP contribution in [0.4, 0.5) is 16.2 Å². The molecule has 0 aliphatic heterocycles. The highest BCUT2D eigenvalue weighted by Gasteiger charge is 2.12. The topological polar surface area (TPSA) is 84.7 Å². The number of urea groups is 1. The van der Waals surface area contributed by atoms with Crippen LogP contribution in [0.15, 0.2) is 42.5 Å². The van der Waals surface area contributed by atoms with E-state index >= 15 is 0 Å². The van der Waals surface area contributed by atoms with Crippen molar-refractivity contribution < 1.29 is 14.5 Å². The highest BCUT2D eigenvalue weighted by atomic mass is 35.5. The number of ether oxygens (including phenoxy) is 1. The summed E-state index contributed by atoms with van der Waals surface area (Å²) in [5, 5.41) is 13.7. The van der Waals surface area contributed by atoms with Crippen molar-refractivity contribution >= 4 is 29.0 Å². The van der Waals surface area contributed by atoms with Crippen molar-refractivity contribution in [3.05, 3.63) is 57.6 Å². The lowest BCUT2D eigenvalue weighted by Crippen LogP contribution is -2.34. The number of anilines is 1. The summed E-state index contributed by atoms with van der Waals surface area (Å²) in [6, 6.07) is 10.6. The molecule has 1 N–H and O–H groups in total. The summed E-state index contributed by atoms with van der Waals surface area (Å²) in [4.78, 5) is 24.0. The Labute approximate surface area is 150 Å². The van der Waals surface area contributed by atoms with E-state index in [1.807, 2.05) is 13.8 Å². The van der Waals surface area contributed by atoms with Crippen LogP contribution in [0.25, 0.3) is 0 Å². The number of carbonyl (C=O) groups is 1. The third-order valence-electron chi connectivity index (χ3n) is 3.49. The Hall–Kier alpha value is -2.80. The van der Waals surface area contributed by atoms with Crippen LogP contribution in [0, 0.1) is 10.1 Å². The fourth-order valence-electron chi connectivity index (χ4n) is 2.16. The van der Waals surface area contributed by atoms with E-state index in [1.54, 1.807) is 29.2 Å². The molecule has 2 amide bonds. The van der Waals surface area contributed by atoms with Crippen LogP contribution in [0.5, 0.6) is 11.5 Å². The fourth-order valence-corrected chi connectivity index (χ4v) is 2.38. The van der Waals surface area contributed by atoms with Gasteiger partial charge >= 0.3 is 6.03 Å². The standard InChI is InChI=1S/C17H18ClN3O4/c1-3-20(4-2)17(22)19-12-6-5-7-14(10-12)25-16-9-8-13(21(23)24)11-15(16)18/h5-11H,3-4H2,1-2H3,(H,19,22). The monoisotopic (exact) mass is 363 g/mol. The molecule has 2 aromatic carbocycles. The quantitative estimate of drug-likeness (QED) is 0.583. The summed E-state index contributed by atoms with van der Waals surface area (Å²) in [5.41, 5.74) is 0.463. The van der Waals surface area contributed by atoms with Crippen LogP contribution < -0.4 is 10.1 Å². The van der Waals surface area contributed by atoms with Gasteiger partial charge in [-0.3, -0.25) is 10.1 Å². The lowest BCUT2D eigenvalue weighted by molar-refractivity contribution is -0.384. The summed E-state index contributed by atoms with van der Waals surface area (Å²) >= 11 is 6.02. The molecule has 0 unspecified atom stereocenters. The van der Waals surface area contributed by atoms with E-state index in [0.29, 0.717) is 30.3 Å². The predicted molar refractivity (Wildman–Crippen MR) is 96.6 cm³/mol. The first kappa shape index (κ1) is 18.5. The first-order valence-corrected chi connectivity index (χ1v) is 8.10. The number of rotatable bonds is 6. The molecule has 0 aliphatic rings. The highest BCUT2D eigenvalue weighted by Crippen LogP contribution is 2.33. The number of hydrogen-bond donors (Lipinski definition) is 1. The number of nitrogens with zero attached hydrogens (tertiary/aromatic N) is 2. The molecule has 0 spiro atoms. The number of halogens is 1. The van der Waals surface area contributed by atoms with Gasteiger partial charge in [-0.1, -0.05) is 17.7 Å². The number of amides is 2. The molecule has 2 rings (SSSR count). The van der Waals surface area contributed by atoms with Gasteiger partial charge in [0, 0.05) is 37.0 Å². The Kier molecular flexibility index (Phi) is 6.19. The summed E-state index contributed by atoms with van der Waals surface area (Å²) < 4.78 is 5.66. The van der Waals surface area contributed by atoms with Gasteiger partial charge in [0.2, 0.25) is 0 Å². The maximum absolute atomic E-state index is 12.1. The first-order chi connectivity index (χ1) is 11.9. The Bertz CT molecular complexity index is 778. The fraction of sp³-hybridized carbons (Fsp3) is 0.235. The van der Waals surface area contributed by atoms with Crippen LogP contribution >= 0.6 is 11.6 Å². The van der Waals surface area contributed by atoms with Crippen molar-refractivity contribution in [2.45, 2.75) is 13.8 Å². The number of nitro benzene ring substituents is 1. The van der Waals surface area contributed by atoms with E-state index in [1.165, 1.54) is 18.2 Å². The van der Waals surface area contributed by atoms with E-state index in [0.717, 1.165) is 0 Å². The lowest BCUT2D eigenvalue weighted by Gasteiger charge is -2.19. The minimum atomic E-state index is -0.529. The van der Waals surface area contributed by atoms with Gasteiger partial charge < -0.3 is 15.0 Å². The molecule has 0 fully saturated rings. The number of non-ortho nitro benzene ring substituents is 1. The molecule has 25 heavy (non-hydrogen) atoms. The average Bonchev–Trinajstić information content (AvgIpc) is 2.58. The molecular formula is C17H18ClN3O4. The summed E-state index contributed by atoms with van der Waals surface area (Å²) in [7, 11) is 0. The molecule has 8 heteroatoms. The Morgan fingerprint density at radius 2 is 1.96 bits per heavy atom. The van der Waals surface area contributed by atoms with Crippen molar-refractivity contribution in [3.63, 3.8) is 0 Å². The van der Waals surface area contributed by atoms with Gasteiger partial charge in [-0.05, 0) is 32.0 Å². The molecule has 132 valence electrons. The van der Waals surface area contributed by atoms with Gasteiger partial charge in [-0.15, -0.1) is 0 Å². The number of carbonyl (C=O) groups excluding carboxylic acids is 1. The SMILES string of the molecule is CCN(CC)C(=O)Nc1cccc(Oc2ccc([N+](=O)[O-])cc2Cl)c1. The minimum Gasteiger partial charge on any atom is -0.456 e. The Morgan fingerprint density at radius 1 is 1.24 bits per heavy atom. The molecule has 0 saturated carbocycles. The summed E-state index contributed by atoms with van der Waals surface area (Å²) in [5.74, 6) is 0.743. The normalized spacial score (nSPS) is 10.2. The zero-order chi connectivity index (χ0) is 18.4. The second-order valence-corrected chi connectivity index (χ2v) is 5.51. The van der Waals surface area contributed by atoms with Gasteiger partial charge in [-0.2, -0.15) is 0 Å². The summed E-state index contributed by atoms with van der Waals surface area (Å²) in [6.07, 6.45) is 0. The molecule has 0 bridgehead atoms. The molecule has 0 aromatic heterocycles. The number of hydrogen-bond acceptors (Lipinski definition) is 4. The Morgan fingerprint density at radius 3 is 2.56 bits per heavy atom. The molecule has 0 heterocycles. The molecular weight excluding hydrogens is 346 g/mol. The lowest BCUT2D eigenvalue weighted by atomic mass is 10.3. The molecule has 0 saturated heterocycles. The largest absolute Gasteiger partial charge is 0.456 e. The average molecular weight is 364 g/mol. The van der Waals surface area contributed by atoms with E-state index in [-0.39, 0.29) is 16.7 Å². The van der Waals surface area contributed by atoms with Crippen LogP contribution in [0.1, 0.15) is 13.8 Å². The number of nitro groups is 1. The van der Waals surface area contributed by atoms with E-state index < -0.39 is 4.92 Å². The number of nitrogens with one attached hydrogen (secondary N) is 1. The van der Waals surface area contributed by atoms with Crippen molar-refractivity contribution in [3.8, 4) is 11.5 Å². The van der Waals surface area contributed by atoms with Crippen LogP contribution in [0.3, 0.4) is 0 Å². The maximum Gasteiger partial charge on any atom is 0.321 e. The molecule has 0 radical (unpaired) electrons. The van der Waals surface area contributed by atoms with Gasteiger partial charge in [0.05, 0.1) is 9.95 Å². The first-order valence-electron chi connectivity index (χ1n) is 7.72. The third-order valence-corrected chi connectivity index (χ3v) is 3.79. The van der Waals surface area contributed by atoms with Crippen molar-refractivity contribution in [2.24, 2.45) is 0 Å². The second kappa shape index (κ2) is 8.34. The molecule has 0 atom stereocenters. The van der Waals surface area contributed by atoms with Crippen molar-refractivity contribution in [2.75, 3.05) is 18.4 Å². The summed E-state index contributed by atoms with van der Waals surface area (Å²) in [6.45, 7) is 5.02. The van der Waals surface area contributed by atoms with Gasteiger partial charge in [0.15, 0.2) is 0 Å². The van der Waals surface area contributed by atoms with Crippen LogP contribution in [0.2, 0.25) is 5.02 Å². The van der Waals surface area contributed by atoms with Crippen molar-refractivity contribution in [1.29, 1.82) is 0 Å². The smallest absolute Gasteiger partial charge is 0.321 e. The molecule has 7 nitrogen and oxygen atoms in total. The predicted octanol–water partition coefficient (Wildman–Crippen LogP) is 4.91. The van der Waals surface area contributed by atoms with Gasteiger partial charge in [0.1, 0.15) is 11.5 Å². The third kappa shape index (κ3) is 4.84. The Balaban J connectivity index is 2.14. The molecule has 0 aliphatic carbocycles. The van der Waals surface area contributed by atoms with E-state index in [9.17, 15) is 14.9 Å². The van der Waals surface area contributed by atoms with Crippen LogP contribution in [-0.2, 0) is 0 Å². The van der Waals surface area contributed by atoms with E-state index in [4.69, 9.17) is 16.3 Å². The van der Waals surface area contributed by atoms with Gasteiger partial charge in [0.25, 0.3) is 5.69 Å². The zero-order valence-corrected chi connectivity index (χ0v) is 14.6. The van der Waals surface area contributed by atoms with Gasteiger partial charge in [-0.25, -0.2) is 4.79 Å². The van der Waals surface area contributed by atoms with E-state index in [2.05, 4.69) is 5.32 Å². The highest BCUT2D eigenvalue weighted by molar-refractivity contribution is 6.32. The number of benzene rings is 2.